The largest absolute Gasteiger partial charge is 0.465 e. The maximum atomic E-state index is 10.7. The predicted molar refractivity (Wildman–Crippen MR) is 116 cm³/mol. The number of rotatable bonds is 6. The third-order valence-corrected chi connectivity index (χ3v) is 10.1. The average molecular weight is 413 g/mol. The normalized spacial score (nSPS) is 12.3. The van der Waals surface area contributed by atoms with E-state index in [9.17, 15) is 4.79 Å². The van der Waals surface area contributed by atoms with Gasteiger partial charge in [0.1, 0.15) is 12.1 Å². The van der Waals surface area contributed by atoms with Crippen molar-refractivity contribution in [1.82, 2.24) is 19.9 Å². The Labute approximate surface area is 171 Å². The summed E-state index contributed by atoms with van der Waals surface area (Å²) in [5, 5.41) is 12.4. The lowest BCUT2D eigenvalue weighted by Crippen LogP contribution is -2.40. The van der Waals surface area contributed by atoms with Crippen LogP contribution in [-0.2, 0) is 17.6 Å². The maximum absolute atomic E-state index is 10.7. The van der Waals surface area contributed by atoms with Gasteiger partial charge >= 0.3 is 6.09 Å². The van der Waals surface area contributed by atoms with Gasteiger partial charge in [0.15, 0.2) is 8.32 Å². The fourth-order valence-electron chi connectivity index (χ4n) is 2.81. The topological polar surface area (TPSA) is 89.3 Å². The van der Waals surface area contributed by atoms with Gasteiger partial charge in [0, 0.05) is 17.6 Å². The summed E-state index contributed by atoms with van der Waals surface area (Å²) in [5.41, 5.74) is 2.78. The highest BCUT2D eigenvalue weighted by atomic mass is 28.4. The number of carbonyl (C=O) groups is 1. The van der Waals surface area contributed by atoms with Gasteiger partial charge in [-0.1, -0.05) is 32.9 Å². The molecule has 2 aromatic heterocycles. The number of nitrogens with zero attached hydrogens (tertiary/aromatic N) is 3. The van der Waals surface area contributed by atoms with Crippen LogP contribution in [0.5, 0.6) is 0 Å². The molecule has 29 heavy (non-hydrogen) atoms. The Morgan fingerprint density at radius 1 is 1.24 bits per heavy atom. The molecule has 1 aromatic carbocycles. The van der Waals surface area contributed by atoms with Gasteiger partial charge in [-0.3, -0.25) is 0 Å². The predicted octanol–water partition coefficient (Wildman–Crippen LogP) is 4.71. The summed E-state index contributed by atoms with van der Waals surface area (Å²) in [6.45, 7) is 11.9. The number of hydrogen-bond acceptors (Lipinski definition) is 4. The van der Waals surface area contributed by atoms with Crippen molar-refractivity contribution in [3.05, 3.63) is 54.1 Å². The molecule has 3 aromatic rings. The van der Waals surface area contributed by atoms with E-state index in [-0.39, 0.29) is 11.6 Å². The molecule has 0 aliphatic carbocycles. The van der Waals surface area contributed by atoms with Crippen LogP contribution in [0.15, 0.2) is 42.9 Å². The van der Waals surface area contributed by atoms with E-state index >= 15 is 0 Å². The standard InChI is InChI=1S/C21H28N4O3Si/c1-21(2,3)29(4,5)28-13-15-7-6-8-18-17(15)9-10-25(18)19-11-16(23-14-24-19)12-22-20(26)27/h6-11,14,22H,12-13H2,1-5H3,(H,26,27). The first-order valence-corrected chi connectivity index (χ1v) is 12.5. The summed E-state index contributed by atoms with van der Waals surface area (Å²) in [5.74, 6) is 0.694. The first kappa shape index (κ1) is 21.0. The summed E-state index contributed by atoms with van der Waals surface area (Å²) in [6, 6.07) is 10.0. The van der Waals surface area contributed by atoms with Crippen molar-refractivity contribution in [1.29, 1.82) is 0 Å². The van der Waals surface area contributed by atoms with Gasteiger partial charge in [0.25, 0.3) is 0 Å². The van der Waals surface area contributed by atoms with Crippen LogP contribution in [0.4, 0.5) is 4.79 Å². The van der Waals surface area contributed by atoms with Crippen LogP contribution in [0.3, 0.4) is 0 Å². The Balaban J connectivity index is 1.89. The lowest BCUT2D eigenvalue weighted by molar-refractivity contribution is 0.194. The quantitative estimate of drug-likeness (QED) is 0.572. The first-order valence-electron chi connectivity index (χ1n) is 9.59. The molecule has 8 heteroatoms. The molecule has 0 unspecified atom stereocenters. The maximum Gasteiger partial charge on any atom is 0.404 e. The SMILES string of the molecule is CC(C)(C)[Si](C)(C)OCc1cccc2c1ccn2-c1cc(CNC(=O)O)ncn1. The molecule has 1 amide bonds. The number of carboxylic acid groups (broad SMARTS) is 1. The second-order valence-electron chi connectivity index (χ2n) is 8.61. The second-order valence-corrected chi connectivity index (χ2v) is 13.4. The molecule has 0 fully saturated rings. The summed E-state index contributed by atoms with van der Waals surface area (Å²) < 4.78 is 8.40. The van der Waals surface area contributed by atoms with Crippen LogP contribution in [0.25, 0.3) is 16.7 Å². The molecule has 154 valence electrons. The number of fused-ring (bicyclic) bond motifs is 1. The van der Waals surface area contributed by atoms with Gasteiger partial charge in [-0.05, 0) is 35.8 Å². The van der Waals surface area contributed by atoms with E-state index in [1.54, 1.807) is 6.07 Å². The molecule has 2 N–H and O–H groups in total. The van der Waals surface area contributed by atoms with Crippen molar-refractivity contribution in [3.8, 4) is 5.82 Å². The summed E-state index contributed by atoms with van der Waals surface area (Å²) in [6.07, 6.45) is 2.34. The van der Waals surface area contributed by atoms with Crippen molar-refractivity contribution in [2.45, 2.75) is 52.1 Å². The first-order chi connectivity index (χ1) is 13.6. The van der Waals surface area contributed by atoms with Crippen molar-refractivity contribution < 1.29 is 14.3 Å². The molecular formula is C21H28N4O3Si. The van der Waals surface area contributed by atoms with Crippen LogP contribution in [0.2, 0.25) is 18.1 Å². The van der Waals surface area contributed by atoms with Crippen LogP contribution < -0.4 is 5.32 Å². The zero-order chi connectivity index (χ0) is 21.2. The average Bonchev–Trinajstić information content (AvgIpc) is 3.09. The Bertz CT molecular complexity index is 1020. The highest BCUT2D eigenvalue weighted by Gasteiger charge is 2.37. The van der Waals surface area contributed by atoms with Gasteiger partial charge in [0.05, 0.1) is 24.4 Å². The Kier molecular flexibility index (Phi) is 5.77. The molecule has 0 atom stereocenters. The number of aromatic nitrogens is 3. The molecule has 0 saturated heterocycles. The molecule has 0 bridgehead atoms. The summed E-state index contributed by atoms with van der Waals surface area (Å²) in [7, 11) is -1.84. The Morgan fingerprint density at radius 2 is 2.00 bits per heavy atom. The fourth-order valence-corrected chi connectivity index (χ4v) is 3.76. The lowest BCUT2D eigenvalue weighted by atomic mass is 10.1. The van der Waals surface area contributed by atoms with Crippen molar-refractivity contribution in [3.63, 3.8) is 0 Å². The number of amides is 1. The number of nitrogens with one attached hydrogen (secondary N) is 1. The molecule has 0 saturated carbocycles. The van der Waals surface area contributed by atoms with Crippen molar-refractivity contribution in [2.75, 3.05) is 0 Å². The third-order valence-electron chi connectivity index (χ3n) is 5.59. The van der Waals surface area contributed by atoms with Crippen molar-refractivity contribution in [2.24, 2.45) is 0 Å². The summed E-state index contributed by atoms with van der Waals surface area (Å²) >= 11 is 0. The lowest BCUT2D eigenvalue weighted by Gasteiger charge is -2.36. The minimum absolute atomic E-state index is 0.135. The second kappa shape index (κ2) is 7.96. The molecule has 0 aliphatic heterocycles. The van der Waals surface area contributed by atoms with E-state index in [0.717, 1.165) is 16.5 Å². The van der Waals surface area contributed by atoms with Gasteiger partial charge in [-0.15, -0.1) is 0 Å². The number of benzene rings is 1. The fraction of sp³-hybridized carbons (Fsp3) is 0.381. The van der Waals surface area contributed by atoms with Crippen LogP contribution in [0, 0.1) is 0 Å². The third kappa shape index (κ3) is 4.65. The van der Waals surface area contributed by atoms with E-state index in [1.165, 1.54) is 6.33 Å². The minimum Gasteiger partial charge on any atom is -0.465 e. The zero-order valence-corrected chi connectivity index (χ0v) is 18.6. The smallest absolute Gasteiger partial charge is 0.404 e. The van der Waals surface area contributed by atoms with E-state index in [4.69, 9.17) is 9.53 Å². The Hall–Kier alpha value is -2.71. The van der Waals surface area contributed by atoms with E-state index in [0.29, 0.717) is 18.1 Å². The van der Waals surface area contributed by atoms with Crippen LogP contribution in [0.1, 0.15) is 32.0 Å². The monoisotopic (exact) mass is 412 g/mol. The zero-order valence-electron chi connectivity index (χ0n) is 17.6. The van der Waals surface area contributed by atoms with E-state index in [1.807, 2.05) is 22.9 Å². The highest BCUT2D eigenvalue weighted by Crippen LogP contribution is 2.37. The van der Waals surface area contributed by atoms with Gasteiger partial charge < -0.3 is 19.4 Å². The Morgan fingerprint density at radius 3 is 2.69 bits per heavy atom. The van der Waals surface area contributed by atoms with Crippen molar-refractivity contribution >= 4 is 25.3 Å². The highest BCUT2D eigenvalue weighted by molar-refractivity contribution is 6.74. The molecular weight excluding hydrogens is 384 g/mol. The van der Waals surface area contributed by atoms with Gasteiger partial charge in [0.2, 0.25) is 0 Å². The molecule has 3 rings (SSSR count). The van der Waals surface area contributed by atoms with Gasteiger partial charge in [-0.25, -0.2) is 14.8 Å². The van der Waals surface area contributed by atoms with Crippen LogP contribution >= 0.6 is 0 Å². The molecule has 2 heterocycles. The molecule has 0 radical (unpaired) electrons. The van der Waals surface area contributed by atoms with Gasteiger partial charge in [-0.2, -0.15) is 0 Å². The van der Waals surface area contributed by atoms with E-state index in [2.05, 4.69) is 61.3 Å². The molecule has 0 aliphatic rings. The summed E-state index contributed by atoms with van der Waals surface area (Å²) in [4.78, 5) is 19.2. The van der Waals surface area contributed by atoms with Crippen LogP contribution in [-0.4, -0.2) is 34.1 Å². The molecule has 7 nitrogen and oxygen atoms in total. The number of hydrogen-bond donors (Lipinski definition) is 2. The minimum atomic E-state index is -1.84. The molecule has 0 spiro atoms. The van der Waals surface area contributed by atoms with E-state index < -0.39 is 14.4 Å².